The van der Waals surface area contributed by atoms with Crippen LogP contribution in [-0.2, 0) is 10.0 Å². The Hall–Kier alpha value is -0.980. The van der Waals surface area contributed by atoms with Gasteiger partial charge in [-0.2, -0.15) is 4.31 Å². The van der Waals surface area contributed by atoms with Crippen molar-refractivity contribution in [3.05, 3.63) is 29.6 Å². The minimum absolute atomic E-state index is 0.00447. The lowest BCUT2D eigenvalue weighted by atomic mass is 10.1. The van der Waals surface area contributed by atoms with Gasteiger partial charge in [-0.25, -0.2) is 12.8 Å². The maximum Gasteiger partial charge on any atom is 0.243 e. The second-order valence-electron chi connectivity index (χ2n) is 5.62. The molecule has 2 unspecified atom stereocenters. The van der Waals surface area contributed by atoms with Crippen molar-refractivity contribution in [2.45, 2.75) is 43.2 Å². The van der Waals surface area contributed by atoms with Crippen LogP contribution in [0, 0.1) is 12.7 Å². The van der Waals surface area contributed by atoms with Crippen molar-refractivity contribution in [2.75, 3.05) is 13.1 Å². The number of sulfonamides is 1. The average Bonchev–Trinajstić information content (AvgIpc) is 2.66. The third-order valence-corrected chi connectivity index (χ3v) is 6.44. The highest BCUT2D eigenvalue weighted by Gasteiger charge is 2.43. The number of fused-ring (bicyclic) bond motifs is 2. The number of hydrogen-bond acceptors (Lipinski definition) is 3. The van der Waals surface area contributed by atoms with E-state index >= 15 is 0 Å². The lowest BCUT2D eigenvalue weighted by Crippen LogP contribution is -2.42. The Balaban J connectivity index is 2.05. The van der Waals surface area contributed by atoms with Crippen LogP contribution < -0.4 is 5.32 Å². The molecule has 1 N–H and O–H groups in total. The molecular weight excluding hydrogens is 279 g/mol. The molecule has 0 radical (unpaired) electrons. The molecule has 1 aromatic rings. The second kappa shape index (κ2) is 5.09. The van der Waals surface area contributed by atoms with Gasteiger partial charge in [-0.05, 0) is 50.4 Å². The van der Waals surface area contributed by atoms with Crippen molar-refractivity contribution in [3.63, 3.8) is 0 Å². The Labute approximate surface area is 119 Å². The van der Waals surface area contributed by atoms with E-state index in [1.165, 1.54) is 12.1 Å². The first-order valence-corrected chi connectivity index (χ1v) is 8.44. The summed E-state index contributed by atoms with van der Waals surface area (Å²) in [6, 6.07) is 4.01. The standard InChI is InChI=1S/C14H19FN2O2S/c1-10-2-3-11(15)8-14(10)20(18,19)17-12-4-5-13(17)9-16-7-6-12/h2-3,8,12-13,16H,4-7,9H2,1H3. The fourth-order valence-electron chi connectivity index (χ4n) is 3.30. The molecule has 2 aliphatic heterocycles. The summed E-state index contributed by atoms with van der Waals surface area (Å²) >= 11 is 0. The predicted octanol–water partition coefficient (Wildman–Crippen LogP) is 1.65. The Morgan fingerprint density at radius 1 is 1.25 bits per heavy atom. The summed E-state index contributed by atoms with van der Waals surface area (Å²) in [6.07, 6.45) is 2.61. The van der Waals surface area contributed by atoms with E-state index in [4.69, 9.17) is 0 Å². The number of aryl methyl sites for hydroxylation is 1. The quantitative estimate of drug-likeness (QED) is 0.903. The molecule has 2 fully saturated rings. The van der Waals surface area contributed by atoms with Crippen LogP contribution >= 0.6 is 0 Å². The van der Waals surface area contributed by atoms with Gasteiger partial charge >= 0.3 is 0 Å². The molecular formula is C14H19FN2O2S. The number of halogens is 1. The fourth-order valence-corrected chi connectivity index (χ4v) is 5.44. The summed E-state index contributed by atoms with van der Waals surface area (Å²) in [5.41, 5.74) is 0.600. The highest BCUT2D eigenvalue weighted by Crippen LogP contribution is 2.34. The van der Waals surface area contributed by atoms with Gasteiger partial charge < -0.3 is 5.32 Å². The Morgan fingerprint density at radius 3 is 2.80 bits per heavy atom. The molecule has 2 bridgehead atoms. The zero-order valence-corrected chi connectivity index (χ0v) is 12.3. The Kier molecular flexibility index (Phi) is 3.56. The smallest absolute Gasteiger partial charge is 0.243 e. The van der Waals surface area contributed by atoms with Crippen LogP contribution in [0.25, 0.3) is 0 Å². The zero-order chi connectivity index (χ0) is 14.3. The molecule has 2 aliphatic rings. The van der Waals surface area contributed by atoms with Crippen LogP contribution in [0.4, 0.5) is 4.39 Å². The lowest BCUT2D eigenvalue weighted by Gasteiger charge is -2.27. The fraction of sp³-hybridized carbons (Fsp3) is 0.571. The van der Waals surface area contributed by atoms with Gasteiger partial charge in [-0.3, -0.25) is 0 Å². The van der Waals surface area contributed by atoms with Gasteiger partial charge in [0.15, 0.2) is 0 Å². The van der Waals surface area contributed by atoms with Crippen LogP contribution in [0.15, 0.2) is 23.1 Å². The molecule has 0 amide bonds. The number of benzene rings is 1. The maximum atomic E-state index is 13.4. The van der Waals surface area contributed by atoms with E-state index in [1.54, 1.807) is 11.2 Å². The van der Waals surface area contributed by atoms with Crippen LogP contribution in [-0.4, -0.2) is 37.9 Å². The average molecular weight is 298 g/mol. The summed E-state index contributed by atoms with van der Waals surface area (Å²) in [5.74, 6) is -0.505. The molecule has 0 spiro atoms. The maximum absolute atomic E-state index is 13.4. The summed E-state index contributed by atoms with van der Waals surface area (Å²) in [4.78, 5) is 0.108. The highest BCUT2D eigenvalue weighted by atomic mass is 32.2. The molecule has 3 rings (SSSR count). The largest absolute Gasteiger partial charge is 0.315 e. The number of rotatable bonds is 2. The van der Waals surface area contributed by atoms with E-state index in [0.29, 0.717) is 12.1 Å². The van der Waals surface area contributed by atoms with Crippen LogP contribution in [0.3, 0.4) is 0 Å². The van der Waals surface area contributed by atoms with E-state index in [-0.39, 0.29) is 17.0 Å². The van der Waals surface area contributed by atoms with Crippen LogP contribution in [0.1, 0.15) is 24.8 Å². The van der Waals surface area contributed by atoms with E-state index in [0.717, 1.165) is 31.9 Å². The van der Waals surface area contributed by atoms with E-state index < -0.39 is 15.8 Å². The number of hydrogen-bond donors (Lipinski definition) is 1. The van der Waals surface area contributed by atoms with Crippen molar-refractivity contribution < 1.29 is 12.8 Å². The van der Waals surface area contributed by atoms with E-state index in [2.05, 4.69) is 5.32 Å². The molecule has 0 aromatic heterocycles. The Bertz CT molecular complexity index is 604. The first-order chi connectivity index (χ1) is 9.50. The third-order valence-electron chi connectivity index (χ3n) is 4.29. The van der Waals surface area contributed by atoms with Crippen LogP contribution in [0.2, 0.25) is 0 Å². The van der Waals surface area contributed by atoms with Gasteiger partial charge in [0.1, 0.15) is 5.82 Å². The minimum atomic E-state index is -3.62. The predicted molar refractivity (Wildman–Crippen MR) is 74.5 cm³/mol. The summed E-state index contributed by atoms with van der Waals surface area (Å²) in [6.45, 7) is 3.24. The molecule has 0 aliphatic carbocycles. The normalized spacial score (nSPS) is 27.5. The molecule has 0 saturated carbocycles. The van der Waals surface area contributed by atoms with Gasteiger partial charge in [-0.15, -0.1) is 0 Å². The molecule has 20 heavy (non-hydrogen) atoms. The molecule has 110 valence electrons. The van der Waals surface area contributed by atoms with E-state index in [9.17, 15) is 12.8 Å². The zero-order valence-electron chi connectivity index (χ0n) is 11.5. The van der Waals surface area contributed by atoms with Gasteiger partial charge in [0, 0.05) is 18.6 Å². The topological polar surface area (TPSA) is 49.4 Å². The molecule has 2 atom stereocenters. The highest BCUT2D eigenvalue weighted by molar-refractivity contribution is 7.89. The number of nitrogens with zero attached hydrogens (tertiary/aromatic N) is 1. The van der Waals surface area contributed by atoms with Crippen molar-refractivity contribution in [1.29, 1.82) is 0 Å². The lowest BCUT2D eigenvalue weighted by molar-refractivity contribution is 0.334. The first kappa shape index (κ1) is 14.0. The Morgan fingerprint density at radius 2 is 2.00 bits per heavy atom. The van der Waals surface area contributed by atoms with Gasteiger partial charge in [0.25, 0.3) is 0 Å². The molecule has 6 heteroatoms. The minimum Gasteiger partial charge on any atom is -0.315 e. The third kappa shape index (κ3) is 2.25. The molecule has 2 heterocycles. The molecule has 2 saturated heterocycles. The van der Waals surface area contributed by atoms with Crippen molar-refractivity contribution in [2.24, 2.45) is 0 Å². The molecule has 4 nitrogen and oxygen atoms in total. The van der Waals surface area contributed by atoms with Crippen molar-refractivity contribution >= 4 is 10.0 Å². The van der Waals surface area contributed by atoms with Gasteiger partial charge in [0.05, 0.1) is 4.90 Å². The van der Waals surface area contributed by atoms with E-state index in [1.807, 2.05) is 0 Å². The SMILES string of the molecule is Cc1ccc(F)cc1S(=O)(=O)N1C2CCNCC1CC2. The van der Waals surface area contributed by atoms with Crippen molar-refractivity contribution in [3.8, 4) is 0 Å². The summed E-state index contributed by atoms with van der Waals surface area (Å²) < 4.78 is 40.9. The summed E-state index contributed by atoms with van der Waals surface area (Å²) in [7, 11) is -3.62. The summed E-state index contributed by atoms with van der Waals surface area (Å²) in [5, 5.41) is 3.28. The van der Waals surface area contributed by atoms with Gasteiger partial charge in [-0.1, -0.05) is 6.07 Å². The molecule has 1 aromatic carbocycles. The van der Waals surface area contributed by atoms with Crippen molar-refractivity contribution in [1.82, 2.24) is 9.62 Å². The monoisotopic (exact) mass is 298 g/mol. The number of nitrogens with one attached hydrogen (secondary N) is 1. The second-order valence-corrected chi connectivity index (χ2v) is 7.43. The van der Waals surface area contributed by atoms with Crippen LogP contribution in [0.5, 0.6) is 0 Å². The van der Waals surface area contributed by atoms with Gasteiger partial charge in [0.2, 0.25) is 10.0 Å². The first-order valence-electron chi connectivity index (χ1n) is 7.00.